The van der Waals surface area contributed by atoms with E-state index in [-0.39, 0.29) is 6.07 Å². The fourth-order valence-corrected chi connectivity index (χ4v) is 1.57. The van der Waals surface area contributed by atoms with E-state index in [1.54, 1.807) is 0 Å². The molecular formula is C12H8F6N2O. The van der Waals surface area contributed by atoms with E-state index in [1.807, 2.05) is 5.32 Å². The molecule has 0 bridgehead atoms. The summed E-state index contributed by atoms with van der Waals surface area (Å²) in [5, 5.41) is 10.2. The van der Waals surface area contributed by atoms with Crippen molar-refractivity contribution in [3.05, 3.63) is 28.8 Å². The number of nitrogens with zero attached hydrogens (tertiary/aromatic N) is 1. The van der Waals surface area contributed by atoms with Crippen LogP contribution in [0.15, 0.2) is 12.1 Å². The van der Waals surface area contributed by atoms with Crippen LogP contribution >= 0.6 is 0 Å². The molecule has 0 aliphatic carbocycles. The molecule has 21 heavy (non-hydrogen) atoms. The Hall–Kier alpha value is -2.24. The summed E-state index contributed by atoms with van der Waals surface area (Å²) in [5.41, 5.74) is -4.21. The van der Waals surface area contributed by atoms with Crippen molar-refractivity contribution in [2.24, 2.45) is 0 Å². The molecular weight excluding hydrogens is 302 g/mol. The van der Waals surface area contributed by atoms with Crippen LogP contribution in [0.2, 0.25) is 0 Å². The summed E-state index contributed by atoms with van der Waals surface area (Å²) >= 11 is 0. The third-order valence-corrected chi connectivity index (χ3v) is 2.55. The summed E-state index contributed by atoms with van der Waals surface area (Å²) in [6.45, 7) is 0.935. The van der Waals surface area contributed by atoms with Crippen LogP contribution < -0.4 is 5.32 Å². The van der Waals surface area contributed by atoms with Gasteiger partial charge >= 0.3 is 12.4 Å². The normalized spacial score (nSPS) is 11.9. The average molecular weight is 310 g/mol. The van der Waals surface area contributed by atoms with Gasteiger partial charge in [0.1, 0.15) is 6.42 Å². The Morgan fingerprint density at radius 2 is 1.76 bits per heavy atom. The monoisotopic (exact) mass is 310 g/mol. The summed E-state index contributed by atoms with van der Waals surface area (Å²) in [7, 11) is 0. The van der Waals surface area contributed by atoms with Crippen molar-refractivity contribution in [2.75, 3.05) is 5.32 Å². The predicted molar refractivity (Wildman–Crippen MR) is 60.0 cm³/mol. The summed E-state index contributed by atoms with van der Waals surface area (Å²) in [5.74, 6) is -0.993. The van der Waals surface area contributed by atoms with Gasteiger partial charge in [0.15, 0.2) is 0 Å². The highest BCUT2D eigenvalue weighted by Crippen LogP contribution is 2.40. The van der Waals surface area contributed by atoms with Crippen LogP contribution in [-0.2, 0) is 17.1 Å². The molecule has 114 valence electrons. The van der Waals surface area contributed by atoms with Crippen molar-refractivity contribution in [1.29, 1.82) is 5.26 Å². The molecule has 0 aromatic heterocycles. The molecule has 0 heterocycles. The Balaban J connectivity index is 3.43. The molecule has 1 N–H and O–H groups in total. The van der Waals surface area contributed by atoms with Crippen LogP contribution in [0.1, 0.15) is 23.1 Å². The summed E-state index contributed by atoms with van der Waals surface area (Å²) in [6.07, 6.45) is -10.7. The van der Waals surface area contributed by atoms with E-state index < -0.39 is 47.1 Å². The lowest BCUT2D eigenvalue weighted by Gasteiger charge is -2.18. The van der Waals surface area contributed by atoms with Crippen molar-refractivity contribution in [2.45, 2.75) is 25.7 Å². The van der Waals surface area contributed by atoms with Crippen LogP contribution in [-0.4, -0.2) is 5.91 Å². The Morgan fingerprint density at radius 1 is 1.19 bits per heavy atom. The highest BCUT2D eigenvalue weighted by Gasteiger charge is 2.38. The van der Waals surface area contributed by atoms with Gasteiger partial charge in [-0.3, -0.25) is 4.79 Å². The molecule has 9 heteroatoms. The summed E-state index contributed by atoms with van der Waals surface area (Å²) < 4.78 is 76.1. The number of nitrogens with one attached hydrogen (secondary N) is 1. The smallest absolute Gasteiger partial charge is 0.325 e. The van der Waals surface area contributed by atoms with Crippen LogP contribution in [0.25, 0.3) is 0 Å². The molecule has 1 aromatic rings. The second-order valence-electron chi connectivity index (χ2n) is 4.07. The van der Waals surface area contributed by atoms with Gasteiger partial charge in [0.25, 0.3) is 0 Å². The Kier molecular flexibility index (Phi) is 4.51. The van der Waals surface area contributed by atoms with Gasteiger partial charge in [-0.25, -0.2) is 0 Å². The van der Waals surface area contributed by atoms with Crippen LogP contribution in [0.4, 0.5) is 32.0 Å². The zero-order valence-electron chi connectivity index (χ0n) is 10.5. The lowest BCUT2D eigenvalue weighted by atomic mass is 10.0. The number of nitriles is 1. The molecule has 0 radical (unpaired) electrons. The minimum absolute atomic E-state index is 0.0186. The summed E-state index contributed by atoms with van der Waals surface area (Å²) in [6, 6.07) is 1.82. The van der Waals surface area contributed by atoms with E-state index in [1.165, 1.54) is 6.07 Å². The molecule has 1 rings (SSSR count). The molecule has 0 spiro atoms. The summed E-state index contributed by atoms with van der Waals surface area (Å²) in [4.78, 5) is 11.2. The van der Waals surface area contributed by atoms with Gasteiger partial charge in [0.2, 0.25) is 5.91 Å². The number of halogens is 6. The molecule has 0 saturated heterocycles. The molecule has 3 nitrogen and oxygen atoms in total. The number of rotatable bonds is 2. The van der Waals surface area contributed by atoms with Gasteiger partial charge in [-0.15, -0.1) is 0 Å². The van der Waals surface area contributed by atoms with E-state index >= 15 is 0 Å². The van der Waals surface area contributed by atoms with Crippen molar-refractivity contribution in [3.8, 4) is 6.07 Å². The number of amides is 1. The number of carbonyl (C=O) groups excluding carboxylic acids is 1. The average Bonchev–Trinajstić information content (AvgIpc) is 2.28. The fraction of sp³-hybridized carbons (Fsp3) is 0.333. The van der Waals surface area contributed by atoms with E-state index in [9.17, 15) is 31.1 Å². The first-order valence-electron chi connectivity index (χ1n) is 5.42. The topological polar surface area (TPSA) is 52.9 Å². The van der Waals surface area contributed by atoms with Gasteiger partial charge in [-0.05, 0) is 24.6 Å². The number of alkyl halides is 6. The molecule has 1 amide bonds. The molecule has 1 aromatic carbocycles. The first kappa shape index (κ1) is 16.8. The van der Waals surface area contributed by atoms with Crippen LogP contribution in [0, 0.1) is 18.3 Å². The second kappa shape index (κ2) is 5.63. The maximum absolute atomic E-state index is 12.7. The Morgan fingerprint density at radius 3 is 2.19 bits per heavy atom. The minimum Gasteiger partial charge on any atom is -0.325 e. The van der Waals surface area contributed by atoms with E-state index in [4.69, 9.17) is 5.26 Å². The number of hydrogen-bond donors (Lipinski definition) is 1. The SMILES string of the molecule is Cc1c(NC(=O)CC#N)cc(C(F)(F)F)cc1C(F)(F)F. The second-order valence-corrected chi connectivity index (χ2v) is 4.07. The fourth-order valence-electron chi connectivity index (χ4n) is 1.57. The number of anilines is 1. The minimum atomic E-state index is -5.00. The lowest BCUT2D eigenvalue weighted by molar-refractivity contribution is -0.143. The van der Waals surface area contributed by atoms with Crippen molar-refractivity contribution < 1.29 is 31.1 Å². The molecule has 0 saturated carbocycles. The van der Waals surface area contributed by atoms with E-state index in [2.05, 4.69) is 0 Å². The quantitative estimate of drug-likeness (QED) is 0.843. The third kappa shape index (κ3) is 4.11. The number of benzene rings is 1. The molecule has 0 atom stereocenters. The Labute approximate surface area is 115 Å². The van der Waals surface area contributed by atoms with Crippen molar-refractivity contribution in [1.82, 2.24) is 0 Å². The molecule has 0 fully saturated rings. The first-order chi connectivity index (χ1) is 9.46. The highest BCUT2D eigenvalue weighted by molar-refractivity contribution is 5.93. The van der Waals surface area contributed by atoms with Gasteiger partial charge < -0.3 is 5.32 Å². The van der Waals surface area contributed by atoms with Gasteiger partial charge in [0, 0.05) is 5.69 Å². The molecule has 0 aliphatic heterocycles. The zero-order chi connectivity index (χ0) is 16.4. The lowest BCUT2D eigenvalue weighted by Crippen LogP contribution is -2.17. The number of carbonyl (C=O) groups is 1. The largest absolute Gasteiger partial charge is 0.416 e. The third-order valence-electron chi connectivity index (χ3n) is 2.55. The van der Waals surface area contributed by atoms with Crippen molar-refractivity contribution >= 4 is 11.6 Å². The van der Waals surface area contributed by atoms with Crippen LogP contribution in [0.5, 0.6) is 0 Å². The Bertz CT molecular complexity index is 597. The van der Waals surface area contributed by atoms with Gasteiger partial charge in [-0.2, -0.15) is 31.6 Å². The number of hydrogen-bond acceptors (Lipinski definition) is 2. The zero-order valence-corrected chi connectivity index (χ0v) is 10.5. The first-order valence-corrected chi connectivity index (χ1v) is 5.42. The van der Waals surface area contributed by atoms with Gasteiger partial charge in [0.05, 0.1) is 17.2 Å². The predicted octanol–water partition coefficient (Wildman–Crippen LogP) is 3.88. The maximum atomic E-state index is 12.7. The van der Waals surface area contributed by atoms with Crippen molar-refractivity contribution in [3.63, 3.8) is 0 Å². The highest BCUT2D eigenvalue weighted by atomic mass is 19.4. The van der Waals surface area contributed by atoms with E-state index in [0.29, 0.717) is 6.07 Å². The van der Waals surface area contributed by atoms with Gasteiger partial charge in [-0.1, -0.05) is 0 Å². The molecule has 0 unspecified atom stereocenters. The van der Waals surface area contributed by atoms with Crippen LogP contribution in [0.3, 0.4) is 0 Å². The maximum Gasteiger partial charge on any atom is 0.416 e. The standard InChI is InChI=1S/C12H8F6N2O/c1-6-8(12(16,17)18)4-7(11(13,14)15)5-9(6)20-10(21)2-3-19/h4-5H,2H2,1H3,(H,20,21). The molecule has 0 aliphatic rings. The van der Waals surface area contributed by atoms with E-state index in [0.717, 1.165) is 6.92 Å².